The molecule has 1 heterocycles. The fraction of sp³-hybridized carbons (Fsp3) is 0.533. The SMILES string of the molecule is CC#CCC(Cc1ccc(OC)nc1)NCCC. The summed E-state index contributed by atoms with van der Waals surface area (Å²) < 4.78 is 5.05. The number of pyridine rings is 1. The van der Waals surface area contributed by atoms with Crippen LogP contribution in [0.3, 0.4) is 0 Å². The molecule has 1 aromatic heterocycles. The topological polar surface area (TPSA) is 34.1 Å². The summed E-state index contributed by atoms with van der Waals surface area (Å²) in [5.74, 6) is 6.75. The second-order valence-corrected chi connectivity index (χ2v) is 4.19. The molecule has 0 amide bonds. The van der Waals surface area contributed by atoms with E-state index in [0.717, 1.165) is 25.8 Å². The van der Waals surface area contributed by atoms with Gasteiger partial charge in [-0.3, -0.25) is 0 Å². The quantitative estimate of drug-likeness (QED) is 0.750. The molecule has 0 saturated heterocycles. The number of nitrogens with zero attached hydrogens (tertiary/aromatic N) is 1. The van der Waals surface area contributed by atoms with E-state index in [1.54, 1.807) is 7.11 Å². The Bertz CT molecular complexity index is 389. The summed E-state index contributed by atoms with van der Waals surface area (Å²) in [6, 6.07) is 4.36. The summed E-state index contributed by atoms with van der Waals surface area (Å²) in [7, 11) is 1.63. The molecule has 0 bridgehead atoms. The van der Waals surface area contributed by atoms with Crippen LogP contribution in [-0.4, -0.2) is 24.7 Å². The number of methoxy groups -OCH3 is 1. The van der Waals surface area contributed by atoms with Gasteiger partial charge in [-0.15, -0.1) is 11.8 Å². The Morgan fingerprint density at radius 1 is 1.44 bits per heavy atom. The molecule has 0 radical (unpaired) electrons. The molecule has 0 fully saturated rings. The highest BCUT2D eigenvalue weighted by atomic mass is 16.5. The summed E-state index contributed by atoms with van der Waals surface area (Å²) in [6.07, 6.45) is 4.84. The van der Waals surface area contributed by atoms with E-state index in [0.29, 0.717) is 11.9 Å². The minimum Gasteiger partial charge on any atom is -0.481 e. The third-order valence-electron chi connectivity index (χ3n) is 2.70. The first-order chi connectivity index (χ1) is 8.80. The highest BCUT2D eigenvalue weighted by Gasteiger charge is 2.07. The molecule has 0 saturated carbocycles. The van der Waals surface area contributed by atoms with Crippen molar-refractivity contribution in [2.75, 3.05) is 13.7 Å². The van der Waals surface area contributed by atoms with Crippen molar-refractivity contribution in [3.8, 4) is 17.7 Å². The molecule has 0 aliphatic rings. The van der Waals surface area contributed by atoms with Crippen LogP contribution >= 0.6 is 0 Å². The zero-order valence-electron chi connectivity index (χ0n) is 11.5. The summed E-state index contributed by atoms with van der Waals surface area (Å²) in [5, 5.41) is 3.52. The van der Waals surface area contributed by atoms with Gasteiger partial charge in [0, 0.05) is 24.7 Å². The van der Waals surface area contributed by atoms with E-state index in [-0.39, 0.29) is 0 Å². The first-order valence-corrected chi connectivity index (χ1v) is 6.42. The van der Waals surface area contributed by atoms with Crippen molar-refractivity contribution in [2.45, 2.75) is 39.2 Å². The van der Waals surface area contributed by atoms with Crippen LogP contribution in [0.1, 0.15) is 32.3 Å². The lowest BCUT2D eigenvalue weighted by molar-refractivity contribution is 0.397. The van der Waals surface area contributed by atoms with Gasteiger partial charge in [0.1, 0.15) is 0 Å². The van der Waals surface area contributed by atoms with E-state index in [1.165, 1.54) is 5.56 Å². The van der Waals surface area contributed by atoms with Crippen LogP contribution in [0.25, 0.3) is 0 Å². The van der Waals surface area contributed by atoms with E-state index < -0.39 is 0 Å². The molecule has 0 aromatic carbocycles. The van der Waals surface area contributed by atoms with E-state index in [2.05, 4.69) is 35.1 Å². The molecule has 18 heavy (non-hydrogen) atoms. The largest absolute Gasteiger partial charge is 0.481 e. The van der Waals surface area contributed by atoms with Crippen molar-refractivity contribution in [1.82, 2.24) is 10.3 Å². The average molecular weight is 246 g/mol. The number of ether oxygens (including phenoxy) is 1. The molecule has 3 heteroatoms. The van der Waals surface area contributed by atoms with Crippen LogP contribution in [-0.2, 0) is 6.42 Å². The third kappa shape index (κ3) is 5.20. The first kappa shape index (κ1) is 14.5. The van der Waals surface area contributed by atoms with Crippen molar-refractivity contribution < 1.29 is 4.74 Å². The fourth-order valence-corrected chi connectivity index (χ4v) is 1.73. The Morgan fingerprint density at radius 2 is 2.28 bits per heavy atom. The molecule has 0 aliphatic carbocycles. The predicted octanol–water partition coefficient (Wildman–Crippen LogP) is 2.41. The van der Waals surface area contributed by atoms with Gasteiger partial charge in [-0.1, -0.05) is 13.0 Å². The zero-order chi connectivity index (χ0) is 13.2. The van der Waals surface area contributed by atoms with Crippen LogP contribution in [0, 0.1) is 11.8 Å². The number of hydrogen-bond donors (Lipinski definition) is 1. The molecule has 0 spiro atoms. The van der Waals surface area contributed by atoms with Gasteiger partial charge in [-0.25, -0.2) is 4.98 Å². The molecule has 1 N–H and O–H groups in total. The maximum absolute atomic E-state index is 5.05. The molecular formula is C15H22N2O. The van der Waals surface area contributed by atoms with Gasteiger partial charge in [0.15, 0.2) is 0 Å². The summed E-state index contributed by atoms with van der Waals surface area (Å²) in [5.41, 5.74) is 1.21. The number of hydrogen-bond acceptors (Lipinski definition) is 3. The molecule has 1 aromatic rings. The number of nitrogens with one attached hydrogen (secondary N) is 1. The normalized spacial score (nSPS) is 11.5. The summed E-state index contributed by atoms with van der Waals surface area (Å²) >= 11 is 0. The molecule has 1 rings (SSSR count). The molecular weight excluding hydrogens is 224 g/mol. The maximum Gasteiger partial charge on any atom is 0.212 e. The Hall–Kier alpha value is -1.53. The lowest BCUT2D eigenvalue weighted by atomic mass is 10.0. The third-order valence-corrected chi connectivity index (χ3v) is 2.70. The average Bonchev–Trinajstić information content (AvgIpc) is 2.42. The Morgan fingerprint density at radius 3 is 2.83 bits per heavy atom. The number of rotatable bonds is 7. The Balaban J connectivity index is 2.58. The van der Waals surface area contributed by atoms with Gasteiger partial charge >= 0.3 is 0 Å². The first-order valence-electron chi connectivity index (χ1n) is 6.42. The Labute approximate surface area is 110 Å². The maximum atomic E-state index is 5.05. The van der Waals surface area contributed by atoms with Crippen LogP contribution < -0.4 is 10.1 Å². The second-order valence-electron chi connectivity index (χ2n) is 4.19. The molecule has 98 valence electrons. The zero-order valence-corrected chi connectivity index (χ0v) is 11.5. The Kier molecular flexibility index (Phi) is 6.90. The van der Waals surface area contributed by atoms with Gasteiger partial charge in [0.25, 0.3) is 0 Å². The van der Waals surface area contributed by atoms with E-state index >= 15 is 0 Å². The summed E-state index contributed by atoms with van der Waals surface area (Å²) in [4.78, 5) is 4.22. The lowest BCUT2D eigenvalue weighted by Crippen LogP contribution is -2.31. The minimum absolute atomic E-state index is 0.396. The second kappa shape index (κ2) is 8.54. The molecule has 1 unspecified atom stereocenters. The van der Waals surface area contributed by atoms with Gasteiger partial charge < -0.3 is 10.1 Å². The molecule has 3 nitrogen and oxygen atoms in total. The van der Waals surface area contributed by atoms with E-state index in [9.17, 15) is 0 Å². The van der Waals surface area contributed by atoms with Crippen LogP contribution in [0.5, 0.6) is 5.88 Å². The van der Waals surface area contributed by atoms with Crippen LogP contribution in [0.15, 0.2) is 18.3 Å². The predicted molar refractivity (Wildman–Crippen MR) is 74.6 cm³/mol. The van der Waals surface area contributed by atoms with Crippen LogP contribution in [0.2, 0.25) is 0 Å². The standard InChI is InChI=1S/C15H22N2O/c1-4-6-7-14(16-10-5-2)11-13-8-9-15(18-3)17-12-13/h8-9,12,14,16H,5,7,10-11H2,1-3H3. The van der Waals surface area contributed by atoms with Gasteiger partial charge in [-0.05, 0) is 31.9 Å². The molecule has 1 atom stereocenters. The van der Waals surface area contributed by atoms with Crippen molar-refractivity contribution >= 4 is 0 Å². The smallest absolute Gasteiger partial charge is 0.212 e. The van der Waals surface area contributed by atoms with E-state index in [4.69, 9.17) is 4.74 Å². The van der Waals surface area contributed by atoms with E-state index in [1.807, 2.05) is 19.2 Å². The lowest BCUT2D eigenvalue weighted by Gasteiger charge is -2.16. The van der Waals surface area contributed by atoms with Crippen molar-refractivity contribution in [2.24, 2.45) is 0 Å². The van der Waals surface area contributed by atoms with Gasteiger partial charge in [0.2, 0.25) is 5.88 Å². The van der Waals surface area contributed by atoms with Gasteiger partial charge in [0.05, 0.1) is 7.11 Å². The summed E-state index contributed by atoms with van der Waals surface area (Å²) in [6.45, 7) is 5.08. The van der Waals surface area contributed by atoms with Crippen LogP contribution in [0.4, 0.5) is 0 Å². The van der Waals surface area contributed by atoms with Crippen molar-refractivity contribution in [3.05, 3.63) is 23.9 Å². The van der Waals surface area contributed by atoms with Crippen molar-refractivity contribution in [1.29, 1.82) is 0 Å². The number of aromatic nitrogens is 1. The molecule has 0 aliphatic heterocycles. The minimum atomic E-state index is 0.396. The van der Waals surface area contributed by atoms with Crippen molar-refractivity contribution in [3.63, 3.8) is 0 Å². The monoisotopic (exact) mass is 246 g/mol. The van der Waals surface area contributed by atoms with Gasteiger partial charge in [-0.2, -0.15) is 0 Å². The highest BCUT2D eigenvalue weighted by Crippen LogP contribution is 2.09. The fourth-order valence-electron chi connectivity index (χ4n) is 1.73. The highest BCUT2D eigenvalue weighted by molar-refractivity contribution is 5.19.